The SMILES string of the molecule is NC[C@H]1CCC[C@H]1C(=O)NCc1ccsc1. The van der Waals surface area contributed by atoms with Crippen LogP contribution in [0.25, 0.3) is 0 Å². The summed E-state index contributed by atoms with van der Waals surface area (Å²) in [5.74, 6) is 0.713. The summed E-state index contributed by atoms with van der Waals surface area (Å²) >= 11 is 1.66. The normalized spacial score (nSPS) is 24.6. The van der Waals surface area contributed by atoms with Crippen molar-refractivity contribution in [2.45, 2.75) is 25.8 Å². The first kappa shape index (κ1) is 11.6. The molecule has 16 heavy (non-hydrogen) atoms. The van der Waals surface area contributed by atoms with Gasteiger partial charge in [-0.1, -0.05) is 6.42 Å². The second kappa shape index (κ2) is 5.46. The third-order valence-electron chi connectivity index (χ3n) is 3.35. The Morgan fingerprint density at radius 1 is 1.56 bits per heavy atom. The van der Waals surface area contributed by atoms with Gasteiger partial charge in [0.15, 0.2) is 0 Å². The van der Waals surface area contributed by atoms with Gasteiger partial charge in [0.25, 0.3) is 0 Å². The molecular formula is C12H18N2OS. The minimum Gasteiger partial charge on any atom is -0.352 e. The molecule has 0 unspecified atom stereocenters. The molecule has 0 bridgehead atoms. The molecule has 0 radical (unpaired) electrons. The molecule has 0 spiro atoms. The van der Waals surface area contributed by atoms with E-state index in [1.807, 2.05) is 11.4 Å². The number of thiophene rings is 1. The molecule has 88 valence electrons. The standard InChI is InChI=1S/C12H18N2OS/c13-6-10-2-1-3-11(10)12(15)14-7-9-4-5-16-8-9/h4-5,8,10-11H,1-3,6-7,13H2,(H,14,15)/t10-,11-/m1/s1. The summed E-state index contributed by atoms with van der Waals surface area (Å²) in [6.07, 6.45) is 3.24. The molecule has 0 aliphatic heterocycles. The van der Waals surface area contributed by atoms with Gasteiger partial charge in [0.05, 0.1) is 0 Å². The van der Waals surface area contributed by atoms with Gasteiger partial charge < -0.3 is 11.1 Å². The summed E-state index contributed by atoms with van der Waals surface area (Å²) in [6, 6.07) is 2.04. The Morgan fingerprint density at radius 2 is 2.44 bits per heavy atom. The van der Waals surface area contributed by atoms with Crippen molar-refractivity contribution >= 4 is 17.2 Å². The Labute approximate surface area is 100 Å². The predicted octanol–water partition coefficient (Wildman–Crippen LogP) is 1.74. The van der Waals surface area contributed by atoms with Gasteiger partial charge in [-0.2, -0.15) is 11.3 Å². The third-order valence-corrected chi connectivity index (χ3v) is 4.08. The fraction of sp³-hybridized carbons (Fsp3) is 0.583. The maximum atomic E-state index is 11.9. The van der Waals surface area contributed by atoms with Crippen molar-refractivity contribution in [3.63, 3.8) is 0 Å². The quantitative estimate of drug-likeness (QED) is 0.839. The number of hydrogen-bond acceptors (Lipinski definition) is 3. The van der Waals surface area contributed by atoms with Gasteiger partial charge in [0.2, 0.25) is 5.91 Å². The first-order valence-electron chi connectivity index (χ1n) is 5.80. The van der Waals surface area contributed by atoms with Gasteiger partial charge in [-0.25, -0.2) is 0 Å². The lowest BCUT2D eigenvalue weighted by Crippen LogP contribution is -2.34. The average molecular weight is 238 g/mol. The lowest BCUT2D eigenvalue weighted by atomic mass is 9.95. The van der Waals surface area contributed by atoms with Crippen LogP contribution < -0.4 is 11.1 Å². The van der Waals surface area contributed by atoms with E-state index in [9.17, 15) is 4.79 Å². The minimum absolute atomic E-state index is 0.142. The number of nitrogens with one attached hydrogen (secondary N) is 1. The molecule has 1 amide bonds. The fourth-order valence-corrected chi connectivity index (χ4v) is 3.05. The van der Waals surface area contributed by atoms with E-state index < -0.39 is 0 Å². The molecule has 1 aromatic rings. The molecule has 1 aromatic heterocycles. The van der Waals surface area contributed by atoms with E-state index in [2.05, 4.69) is 10.7 Å². The molecule has 2 rings (SSSR count). The summed E-state index contributed by atoms with van der Waals surface area (Å²) in [6.45, 7) is 1.28. The van der Waals surface area contributed by atoms with Crippen LogP contribution in [0.5, 0.6) is 0 Å². The zero-order valence-electron chi connectivity index (χ0n) is 9.32. The van der Waals surface area contributed by atoms with Crippen molar-refractivity contribution in [3.05, 3.63) is 22.4 Å². The summed E-state index contributed by atoms with van der Waals surface area (Å²) in [5, 5.41) is 7.10. The number of carbonyl (C=O) groups excluding carboxylic acids is 1. The molecule has 4 heteroatoms. The third kappa shape index (κ3) is 2.62. The van der Waals surface area contributed by atoms with E-state index in [0.717, 1.165) is 19.3 Å². The van der Waals surface area contributed by atoms with E-state index >= 15 is 0 Å². The highest BCUT2D eigenvalue weighted by atomic mass is 32.1. The molecule has 1 saturated carbocycles. The largest absolute Gasteiger partial charge is 0.352 e. The van der Waals surface area contributed by atoms with E-state index in [4.69, 9.17) is 5.73 Å². The van der Waals surface area contributed by atoms with Crippen LogP contribution in [-0.4, -0.2) is 12.5 Å². The van der Waals surface area contributed by atoms with Crippen molar-refractivity contribution in [2.75, 3.05) is 6.54 Å². The van der Waals surface area contributed by atoms with Gasteiger partial charge in [0.1, 0.15) is 0 Å². The van der Waals surface area contributed by atoms with Gasteiger partial charge >= 0.3 is 0 Å². The van der Waals surface area contributed by atoms with Crippen LogP contribution in [0, 0.1) is 11.8 Å². The molecule has 1 fully saturated rings. The van der Waals surface area contributed by atoms with Gasteiger partial charge in [-0.15, -0.1) is 0 Å². The first-order chi connectivity index (χ1) is 7.81. The van der Waals surface area contributed by atoms with Crippen LogP contribution >= 0.6 is 11.3 Å². The Hall–Kier alpha value is -0.870. The Bertz CT molecular complexity index is 337. The van der Waals surface area contributed by atoms with E-state index in [1.165, 1.54) is 5.56 Å². The maximum Gasteiger partial charge on any atom is 0.223 e. The van der Waals surface area contributed by atoms with Crippen LogP contribution in [0.4, 0.5) is 0 Å². The van der Waals surface area contributed by atoms with Crippen LogP contribution in [0.1, 0.15) is 24.8 Å². The molecule has 1 aliphatic carbocycles. The molecule has 3 nitrogen and oxygen atoms in total. The van der Waals surface area contributed by atoms with Crippen LogP contribution in [0.15, 0.2) is 16.8 Å². The lowest BCUT2D eigenvalue weighted by Gasteiger charge is -2.17. The minimum atomic E-state index is 0.142. The van der Waals surface area contributed by atoms with Crippen LogP contribution in [0.2, 0.25) is 0 Å². The highest BCUT2D eigenvalue weighted by Gasteiger charge is 2.31. The number of carbonyl (C=O) groups is 1. The van der Waals surface area contributed by atoms with Gasteiger partial charge in [-0.05, 0) is 47.7 Å². The smallest absolute Gasteiger partial charge is 0.223 e. The predicted molar refractivity (Wildman–Crippen MR) is 66.1 cm³/mol. The summed E-state index contributed by atoms with van der Waals surface area (Å²) in [5.41, 5.74) is 6.86. The molecule has 0 aromatic carbocycles. The second-order valence-electron chi connectivity index (χ2n) is 4.38. The van der Waals surface area contributed by atoms with Crippen molar-refractivity contribution in [1.29, 1.82) is 0 Å². The Morgan fingerprint density at radius 3 is 3.12 bits per heavy atom. The van der Waals surface area contributed by atoms with E-state index in [0.29, 0.717) is 19.0 Å². The van der Waals surface area contributed by atoms with Crippen molar-refractivity contribution < 1.29 is 4.79 Å². The highest BCUT2D eigenvalue weighted by molar-refractivity contribution is 7.07. The number of nitrogens with two attached hydrogens (primary N) is 1. The summed E-state index contributed by atoms with van der Waals surface area (Å²) < 4.78 is 0. The van der Waals surface area contributed by atoms with Crippen LogP contribution in [-0.2, 0) is 11.3 Å². The maximum absolute atomic E-state index is 11.9. The average Bonchev–Trinajstić information content (AvgIpc) is 2.96. The van der Waals surface area contributed by atoms with E-state index in [-0.39, 0.29) is 11.8 Å². The van der Waals surface area contributed by atoms with Crippen molar-refractivity contribution in [3.8, 4) is 0 Å². The topological polar surface area (TPSA) is 55.1 Å². The monoisotopic (exact) mass is 238 g/mol. The van der Waals surface area contributed by atoms with Crippen molar-refractivity contribution in [1.82, 2.24) is 5.32 Å². The van der Waals surface area contributed by atoms with Gasteiger partial charge in [0, 0.05) is 12.5 Å². The summed E-state index contributed by atoms with van der Waals surface area (Å²) in [7, 11) is 0. The number of rotatable bonds is 4. The number of hydrogen-bond donors (Lipinski definition) is 2. The lowest BCUT2D eigenvalue weighted by molar-refractivity contribution is -0.126. The molecule has 1 heterocycles. The zero-order valence-corrected chi connectivity index (χ0v) is 10.1. The van der Waals surface area contributed by atoms with Crippen molar-refractivity contribution in [2.24, 2.45) is 17.6 Å². The zero-order chi connectivity index (χ0) is 11.4. The fourth-order valence-electron chi connectivity index (χ4n) is 2.38. The van der Waals surface area contributed by atoms with E-state index in [1.54, 1.807) is 11.3 Å². The number of amides is 1. The Kier molecular flexibility index (Phi) is 3.96. The molecule has 1 aliphatic rings. The molecule has 2 atom stereocenters. The molecular weight excluding hydrogens is 220 g/mol. The summed E-state index contributed by atoms with van der Waals surface area (Å²) in [4.78, 5) is 11.9. The molecule has 0 saturated heterocycles. The Balaban J connectivity index is 1.83. The van der Waals surface area contributed by atoms with Gasteiger partial charge in [-0.3, -0.25) is 4.79 Å². The van der Waals surface area contributed by atoms with Crippen LogP contribution in [0.3, 0.4) is 0 Å². The highest BCUT2D eigenvalue weighted by Crippen LogP contribution is 2.30. The first-order valence-corrected chi connectivity index (χ1v) is 6.74. The second-order valence-corrected chi connectivity index (χ2v) is 5.16. The molecule has 3 N–H and O–H groups in total.